The fourth-order valence-electron chi connectivity index (χ4n) is 3.14. The number of likely N-dealkylation sites (tertiary alicyclic amines) is 1. The van der Waals surface area contributed by atoms with Crippen LogP contribution in [-0.2, 0) is 4.74 Å². The summed E-state index contributed by atoms with van der Waals surface area (Å²) < 4.78 is 5.96. The van der Waals surface area contributed by atoms with Crippen molar-refractivity contribution in [3.05, 3.63) is 0 Å². The Kier molecular flexibility index (Phi) is 5.67. The van der Waals surface area contributed by atoms with Gasteiger partial charge in [-0.2, -0.15) is 0 Å². The fourth-order valence-corrected chi connectivity index (χ4v) is 3.14. The van der Waals surface area contributed by atoms with Crippen molar-refractivity contribution in [1.82, 2.24) is 10.2 Å². The summed E-state index contributed by atoms with van der Waals surface area (Å²) in [7, 11) is 0. The lowest BCUT2D eigenvalue weighted by molar-refractivity contribution is 0.0449. The summed E-state index contributed by atoms with van der Waals surface area (Å²) in [6, 6.07) is 0. The van der Waals surface area contributed by atoms with Crippen molar-refractivity contribution in [3.8, 4) is 0 Å². The second-order valence-corrected chi connectivity index (χ2v) is 7.36. The van der Waals surface area contributed by atoms with Crippen LogP contribution in [0.5, 0.6) is 0 Å². The first-order valence-electron chi connectivity index (χ1n) is 8.12. The summed E-state index contributed by atoms with van der Waals surface area (Å²) in [6.07, 6.45) is 7.23. The first-order valence-corrected chi connectivity index (χ1v) is 8.12. The summed E-state index contributed by atoms with van der Waals surface area (Å²) in [5, 5.41) is 3.63. The van der Waals surface area contributed by atoms with Crippen molar-refractivity contribution in [3.63, 3.8) is 0 Å². The molecule has 1 atom stereocenters. The van der Waals surface area contributed by atoms with E-state index in [0.717, 1.165) is 25.6 Å². The maximum Gasteiger partial charge on any atom is 0.0597 e. The summed E-state index contributed by atoms with van der Waals surface area (Å²) >= 11 is 0. The molecule has 2 rings (SSSR count). The number of ether oxygens (including phenoxy) is 1. The predicted octanol–water partition coefficient (Wildman–Crippen LogP) is 2.66. The topological polar surface area (TPSA) is 24.5 Å². The highest BCUT2D eigenvalue weighted by molar-refractivity contribution is 4.80. The molecule has 1 aliphatic heterocycles. The van der Waals surface area contributed by atoms with Crippen LogP contribution in [0.3, 0.4) is 0 Å². The Hall–Kier alpha value is -0.120. The van der Waals surface area contributed by atoms with Crippen molar-refractivity contribution in [2.45, 2.75) is 64.5 Å². The third-order valence-electron chi connectivity index (χ3n) is 4.35. The van der Waals surface area contributed by atoms with Crippen LogP contribution in [0.15, 0.2) is 0 Å². The summed E-state index contributed by atoms with van der Waals surface area (Å²) in [5.74, 6) is 0.825. The SMILES string of the molecule is CC(C)(C)NCC1CCN(CCOC2CCCC2)C1. The van der Waals surface area contributed by atoms with E-state index in [9.17, 15) is 0 Å². The largest absolute Gasteiger partial charge is 0.377 e. The van der Waals surface area contributed by atoms with E-state index in [0.29, 0.717) is 6.10 Å². The van der Waals surface area contributed by atoms with Crippen molar-refractivity contribution >= 4 is 0 Å². The van der Waals surface area contributed by atoms with Gasteiger partial charge < -0.3 is 15.0 Å². The van der Waals surface area contributed by atoms with Crippen LogP contribution in [0.2, 0.25) is 0 Å². The van der Waals surface area contributed by atoms with Gasteiger partial charge in [0.25, 0.3) is 0 Å². The Morgan fingerprint density at radius 3 is 2.58 bits per heavy atom. The lowest BCUT2D eigenvalue weighted by Crippen LogP contribution is -2.39. The molecule has 112 valence electrons. The predicted molar refractivity (Wildman–Crippen MR) is 80.5 cm³/mol. The van der Waals surface area contributed by atoms with Crippen molar-refractivity contribution in [2.24, 2.45) is 5.92 Å². The average Bonchev–Trinajstić information content (AvgIpc) is 2.97. The number of nitrogens with zero attached hydrogens (tertiary/aromatic N) is 1. The lowest BCUT2D eigenvalue weighted by atomic mass is 10.1. The van der Waals surface area contributed by atoms with Crippen molar-refractivity contribution < 1.29 is 4.74 Å². The maximum absolute atomic E-state index is 5.96. The molecule has 1 saturated heterocycles. The van der Waals surface area contributed by atoms with E-state index < -0.39 is 0 Å². The highest BCUT2D eigenvalue weighted by Gasteiger charge is 2.24. The summed E-state index contributed by atoms with van der Waals surface area (Å²) in [4.78, 5) is 2.57. The normalized spacial score (nSPS) is 26.4. The molecule has 1 heterocycles. The number of hydrogen-bond acceptors (Lipinski definition) is 3. The Labute approximate surface area is 119 Å². The smallest absolute Gasteiger partial charge is 0.0597 e. The Morgan fingerprint density at radius 2 is 1.89 bits per heavy atom. The molecule has 3 heteroatoms. The minimum Gasteiger partial charge on any atom is -0.377 e. The third-order valence-corrected chi connectivity index (χ3v) is 4.35. The molecule has 0 spiro atoms. The number of rotatable bonds is 6. The standard InChI is InChI=1S/C16H32N2O/c1-16(2,3)17-12-14-8-9-18(13-14)10-11-19-15-6-4-5-7-15/h14-15,17H,4-13H2,1-3H3. The molecule has 3 nitrogen and oxygen atoms in total. The van der Waals surface area contributed by atoms with Crippen LogP contribution in [-0.4, -0.2) is 49.3 Å². The van der Waals surface area contributed by atoms with Crippen LogP contribution in [0.25, 0.3) is 0 Å². The molecule has 1 aliphatic carbocycles. The molecule has 1 N–H and O–H groups in total. The van der Waals surface area contributed by atoms with Gasteiger partial charge in [-0.05, 0) is 59.0 Å². The van der Waals surface area contributed by atoms with Gasteiger partial charge in [-0.3, -0.25) is 0 Å². The van der Waals surface area contributed by atoms with Crippen molar-refractivity contribution in [1.29, 1.82) is 0 Å². The Bertz CT molecular complexity index is 256. The van der Waals surface area contributed by atoms with E-state index in [-0.39, 0.29) is 5.54 Å². The van der Waals surface area contributed by atoms with Crippen LogP contribution in [0, 0.1) is 5.92 Å². The van der Waals surface area contributed by atoms with E-state index in [1.54, 1.807) is 0 Å². The molecule has 1 unspecified atom stereocenters. The van der Waals surface area contributed by atoms with Gasteiger partial charge in [-0.25, -0.2) is 0 Å². The van der Waals surface area contributed by atoms with Gasteiger partial charge in [0.1, 0.15) is 0 Å². The minimum absolute atomic E-state index is 0.249. The summed E-state index contributed by atoms with van der Waals surface area (Å²) in [6.45, 7) is 12.5. The van der Waals surface area contributed by atoms with Crippen molar-refractivity contribution in [2.75, 3.05) is 32.8 Å². The monoisotopic (exact) mass is 268 g/mol. The van der Waals surface area contributed by atoms with Gasteiger partial charge in [0.15, 0.2) is 0 Å². The molecule has 0 radical (unpaired) electrons. The molecule has 0 bridgehead atoms. The zero-order valence-electron chi connectivity index (χ0n) is 13.1. The second-order valence-electron chi connectivity index (χ2n) is 7.36. The molecule has 0 amide bonds. The highest BCUT2D eigenvalue weighted by atomic mass is 16.5. The van der Waals surface area contributed by atoms with Crippen LogP contribution in [0.4, 0.5) is 0 Å². The fraction of sp³-hybridized carbons (Fsp3) is 1.00. The molecule has 0 aromatic carbocycles. The number of hydrogen-bond donors (Lipinski definition) is 1. The quantitative estimate of drug-likeness (QED) is 0.801. The Balaban J connectivity index is 1.54. The van der Waals surface area contributed by atoms with Gasteiger partial charge in [0.05, 0.1) is 12.7 Å². The molecule has 19 heavy (non-hydrogen) atoms. The minimum atomic E-state index is 0.249. The number of nitrogens with one attached hydrogen (secondary N) is 1. The van der Waals surface area contributed by atoms with Crippen LogP contribution < -0.4 is 5.32 Å². The van der Waals surface area contributed by atoms with Gasteiger partial charge in [-0.1, -0.05) is 12.8 Å². The van der Waals surface area contributed by atoms with E-state index in [1.807, 2.05) is 0 Å². The average molecular weight is 268 g/mol. The first kappa shape index (κ1) is 15.3. The zero-order chi connectivity index (χ0) is 13.7. The molecule has 2 fully saturated rings. The van der Waals surface area contributed by atoms with E-state index >= 15 is 0 Å². The third kappa shape index (κ3) is 5.80. The maximum atomic E-state index is 5.96. The molecular formula is C16H32N2O. The molecule has 1 saturated carbocycles. The molecule has 0 aromatic rings. The molecule has 2 aliphatic rings. The Morgan fingerprint density at radius 1 is 1.16 bits per heavy atom. The van der Waals surface area contributed by atoms with Gasteiger partial charge >= 0.3 is 0 Å². The molecule has 0 aromatic heterocycles. The lowest BCUT2D eigenvalue weighted by Gasteiger charge is -2.23. The van der Waals surface area contributed by atoms with E-state index in [4.69, 9.17) is 4.74 Å². The second kappa shape index (κ2) is 7.05. The van der Waals surface area contributed by atoms with Crippen LogP contribution >= 0.6 is 0 Å². The van der Waals surface area contributed by atoms with E-state index in [1.165, 1.54) is 45.2 Å². The van der Waals surface area contributed by atoms with E-state index in [2.05, 4.69) is 31.0 Å². The first-order chi connectivity index (χ1) is 9.03. The molecular weight excluding hydrogens is 236 g/mol. The van der Waals surface area contributed by atoms with Crippen LogP contribution in [0.1, 0.15) is 52.9 Å². The van der Waals surface area contributed by atoms with Gasteiger partial charge in [0.2, 0.25) is 0 Å². The zero-order valence-corrected chi connectivity index (χ0v) is 13.1. The summed E-state index contributed by atoms with van der Waals surface area (Å²) in [5.41, 5.74) is 0.249. The highest BCUT2D eigenvalue weighted by Crippen LogP contribution is 2.21. The van der Waals surface area contributed by atoms with Gasteiger partial charge in [-0.15, -0.1) is 0 Å². The van der Waals surface area contributed by atoms with Gasteiger partial charge in [0, 0.05) is 18.6 Å².